The van der Waals surface area contributed by atoms with Crippen molar-refractivity contribution in [2.24, 2.45) is 17.8 Å². The number of carbonyl (C=O) groups excluding carboxylic acids is 9. The van der Waals surface area contributed by atoms with Crippen LogP contribution in [0, 0.1) is 17.8 Å². The van der Waals surface area contributed by atoms with Gasteiger partial charge in [-0.15, -0.1) is 11.8 Å². The molecule has 0 spiro atoms. The highest BCUT2D eigenvalue weighted by atomic mass is 32.2. The summed E-state index contributed by atoms with van der Waals surface area (Å²) >= 11 is 1.09. The van der Waals surface area contributed by atoms with E-state index in [9.17, 15) is 48.3 Å². The minimum absolute atomic E-state index is 0. The smallest absolute Gasteiger partial charge is 0.248 e. The number of amides is 9. The normalized spacial score (nSPS) is 25.7. The highest BCUT2D eigenvalue weighted by Gasteiger charge is 2.41. The van der Waals surface area contributed by atoms with E-state index >= 15 is 0 Å². The Morgan fingerprint density at radius 3 is 1.84 bits per heavy atom. The Balaban J connectivity index is 0. The van der Waals surface area contributed by atoms with Crippen LogP contribution in [-0.2, 0) is 54.3 Å². The summed E-state index contributed by atoms with van der Waals surface area (Å²) in [5, 5.41) is 22.2. The fourth-order valence-corrected chi connectivity index (χ4v) is 9.98. The molecule has 430 valence electrons. The fraction of sp³-hybridized carbons (Fsp3) is 0.722. The Labute approximate surface area is 455 Å². The molecule has 0 bridgehead atoms. The molecule has 2 aliphatic heterocycles. The number of piperidine rings is 1. The van der Waals surface area contributed by atoms with Crippen molar-refractivity contribution in [1.29, 1.82) is 0 Å². The maximum atomic E-state index is 14.8. The van der Waals surface area contributed by atoms with Gasteiger partial charge in [0.15, 0.2) is 0 Å². The second-order valence-electron chi connectivity index (χ2n) is 22.2. The van der Waals surface area contributed by atoms with E-state index in [-0.39, 0.29) is 60.8 Å². The number of hydrogen-bond donors (Lipinski definition) is 5. The summed E-state index contributed by atoms with van der Waals surface area (Å²) in [7, 11) is 5.63. The largest absolute Gasteiger partial charge is 0.391 e. The lowest BCUT2D eigenvalue weighted by atomic mass is 9.95. The Hall–Kier alpha value is -5.28. The van der Waals surface area contributed by atoms with Crippen LogP contribution in [0.15, 0.2) is 30.3 Å². The number of benzene rings is 1. The number of rotatable bonds is 12. The molecular weight excluding hydrogens is 983 g/mol. The Bertz CT molecular complexity index is 2120. The molecule has 1 aromatic rings. The summed E-state index contributed by atoms with van der Waals surface area (Å²) in [5.74, 6) is -6.69. The van der Waals surface area contributed by atoms with Crippen LogP contribution in [-0.4, -0.2) is 203 Å². The summed E-state index contributed by atoms with van der Waals surface area (Å²) in [6, 6.07) is 0.335. The van der Waals surface area contributed by atoms with E-state index in [0.717, 1.165) is 41.5 Å². The number of nitrogens with one attached hydrogen (secondary N) is 4. The predicted molar refractivity (Wildman–Crippen MR) is 297 cm³/mol. The van der Waals surface area contributed by atoms with Crippen molar-refractivity contribution in [3.8, 4) is 0 Å². The average Bonchev–Trinajstić information content (AvgIpc) is 3.35. The van der Waals surface area contributed by atoms with Crippen molar-refractivity contribution >= 4 is 64.9 Å². The van der Waals surface area contributed by atoms with Crippen molar-refractivity contribution in [1.82, 2.24) is 45.8 Å². The molecule has 9 atom stereocenters. The van der Waals surface area contributed by atoms with Gasteiger partial charge >= 0.3 is 0 Å². The van der Waals surface area contributed by atoms with Crippen molar-refractivity contribution in [3.63, 3.8) is 0 Å². The maximum absolute atomic E-state index is 14.8. The molecule has 9 amide bonds. The predicted octanol–water partition coefficient (Wildman–Crippen LogP) is 3.19. The van der Waals surface area contributed by atoms with Crippen LogP contribution in [0.1, 0.15) is 119 Å². The van der Waals surface area contributed by atoms with Crippen molar-refractivity contribution in [3.05, 3.63) is 35.9 Å². The van der Waals surface area contributed by atoms with E-state index in [1.807, 2.05) is 40.7 Å². The van der Waals surface area contributed by atoms with Gasteiger partial charge in [0.1, 0.15) is 42.3 Å². The zero-order valence-corrected chi connectivity index (χ0v) is 47.9. The first-order valence-corrected chi connectivity index (χ1v) is 27.7. The maximum Gasteiger partial charge on any atom is 0.248 e. The zero-order chi connectivity index (χ0) is 56.5. The molecule has 5 N–H and O–H groups in total. The number of nitrogens with zero attached hydrogens (tertiary/aromatic N) is 5. The molecule has 0 aliphatic carbocycles. The third kappa shape index (κ3) is 19.7. The van der Waals surface area contributed by atoms with Gasteiger partial charge in [0.05, 0.1) is 30.6 Å². The molecule has 21 heteroatoms. The van der Waals surface area contributed by atoms with Crippen LogP contribution in [0.3, 0.4) is 0 Å². The molecular formula is C54H97N9O11S. The molecule has 2 saturated heterocycles. The molecule has 2 heterocycles. The van der Waals surface area contributed by atoms with Crippen molar-refractivity contribution in [2.75, 3.05) is 65.9 Å². The molecule has 0 aromatic heterocycles. The van der Waals surface area contributed by atoms with Crippen molar-refractivity contribution in [2.45, 2.75) is 168 Å². The lowest BCUT2D eigenvalue weighted by molar-refractivity contribution is -0.149. The summed E-state index contributed by atoms with van der Waals surface area (Å²) in [6.45, 7) is 17.9. The fourth-order valence-electron chi connectivity index (χ4n) is 9.14. The number of aliphatic hydroxyl groups is 1. The van der Waals surface area contributed by atoms with Crippen LogP contribution in [0.25, 0.3) is 0 Å². The van der Waals surface area contributed by atoms with Gasteiger partial charge in [0.25, 0.3) is 0 Å². The topological polar surface area (TPSA) is 247 Å². The van der Waals surface area contributed by atoms with E-state index in [2.05, 4.69) is 21.3 Å². The summed E-state index contributed by atoms with van der Waals surface area (Å²) in [4.78, 5) is 136. The lowest BCUT2D eigenvalue weighted by Crippen LogP contribution is -2.62. The van der Waals surface area contributed by atoms with Gasteiger partial charge in [-0.2, -0.15) is 0 Å². The Morgan fingerprint density at radius 2 is 1.29 bits per heavy atom. The van der Waals surface area contributed by atoms with E-state index in [1.165, 1.54) is 49.8 Å². The summed E-state index contributed by atoms with van der Waals surface area (Å²) in [5.41, 5.74) is -0.0453. The van der Waals surface area contributed by atoms with Crippen LogP contribution in [0.2, 0.25) is 0 Å². The minimum Gasteiger partial charge on any atom is -0.391 e. The first kappa shape index (κ1) is 64.0. The average molecular weight is 1080 g/mol. The minimum atomic E-state index is -1.56. The molecule has 75 heavy (non-hydrogen) atoms. The molecule has 1 aromatic carbocycles. The third-order valence-electron chi connectivity index (χ3n) is 13.7. The number of carbonyl (C=O) groups is 9. The SMILES string of the molecule is CC[C@H](C)[C@H]1C(=O)N[C@H](C(=O)N2CCCCC2)CSCC(=O)N[C@@H](Cc2ccccc2)C(=O)N(C)[C@@H](CC(C)C)C(=O)N[C@@H]([C@@H](C)O)C(=O)N(C)CC(=O)N(C)[C@@H](CC(C)C)C(=O)N[C@@H](COC(C)(C)C)C(=O)N1C.[HH].[HH].[HH].[HH]. The Kier molecular flexibility index (Phi) is 25.5. The quantitative estimate of drug-likeness (QED) is 0.203. The molecule has 0 radical (unpaired) electrons. The molecule has 2 fully saturated rings. The number of ether oxygens (including phenoxy) is 1. The zero-order valence-electron chi connectivity index (χ0n) is 47.1. The highest BCUT2D eigenvalue weighted by Crippen LogP contribution is 2.21. The van der Waals surface area contributed by atoms with E-state index in [1.54, 1.807) is 56.9 Å². The molecule has 0 saturated carbocycles. The second-order valence-corrected chi connectivity index (χ2v) is 23.2. The van der Waals surface area contributed by atoms with Crippen LogP contribution >= 0.6 is 11.8 Å². The highest BCUT2D eigenvalue weighted by molar-refractivity contribution is 8.00. The first-order chi connectivity index (χ1) is 35.1. The van der Waals surface area contributed by atoms with Crippen LogP contribution < -0.4 is 21.3 Å². The summed E-state index contributed by atoms with van der Waals surface area (Å²) < 4.78 is 6.09. The molecule has 2 aliphatic rings. The van der Waals surface area contributed by atoms with Gasteiger partial charge in [0.2, 0.25) is 53.2 Å². The van der Waals surface area contributed by atoms with E-state index < -0.39 is 114 Å². The number of hydrogen-bond acceptors (Lipinski definition) is 12. The van der Waals surface area contributed by atoms with Gasteiger partial charge in [-0.05, 0) is 83.1 Å². The summed E-state index contributed by atoms with van der Waals surface area (Å²) in [6.07, 6.45) is 1.83. The number of aliphatic hydroxyl groups excluding tert-OH is 1. The second kappa shape index (κ2) is 29.9. The number of thioether (sulfide) groups is 1. The lowest BCUT2D eigenvalue weighted by Gasteiger charge is -2.37. The number of likely N-dealkylation sites (N-methyl/N-ethyl adjacent to an activating group) is 4. The van der Waals surface area contributed by atoms with Gasteiger partial charge in [-0.25, -0.2) is 0 Å². The van der Waals surface area contributed by atoms with Gasteiger partial charge in [-0.3, -0.25) is 43.2 Å². The van der Waals surface area contributed by atoms with Crippen molar-refractivity contribution < 1.29 is 58.7 Å². The monoisotopic (exact) mass is 1080 g/mol. The standard InChI is InChI=1S/C54H89N9O11S.4H2/c1-15-35(6)46-49(69)57-40(52(72)63-24-20-17-21-25-63)31-75-32-43(65)55-38(28-37-22-18-16-19-23-37)50(70)61(13)42(27-34(4)5)48(68)58-45(36(7)64)53(73)59(11)29-44(66)60(12)41(26-33(2)3)47(67)56-39(51(71)62(46)14)30-74-54(8,9)10;;;;/h16,18-19,22-23,33-36,38-42,45-46,64H,15,17,20-21,24-32H2,1-14H3,(H,55,65)(H,56,67)(H,57,69)(H,58,68);4*1H/t35-,36+,38-,39-,40-,41-,42-,45-,46-;;;;/m0..../s1. The molecule has 3 rings (SSSR count). The van der Waals surface area contributed by atoms with Gasteiger partial charge in [-0.1, -0.05) is 78.3 Å². The molecule has 0 unspecified atom stereocenters. The van der Waals surface area contributed by atoms with Gasteiger partial charge in [0, 0.05) is 59.2 Å². The first-order valence-electron chi connectivity index (χ1n) is 26.5. The van der Waals surface area contributed by atoms with Crippen LogP contribution in [0.5, 0.6) is 0 Å². The molecule has 20 nitrogen and oxygen atoms in total. The van der Waals surface area contributed by atoms with Gasteiger partial charge < -0.3 is 55.6 Å². The van der Waals surface area contributed by atoms with Crippen LogP contribution in [0.4, 0.5) is 0 Å². The van der Waals surface area contributed by atoms with E-state index in [0.29, 0.717) is 19.5 Å². The Morgan fingerprint density at radius 1 is 0.733 bits per heavy atom. The third-order valence-corrected chi connectivity index (χ3v) is 14.7. The number of likely N-dealkylation sites (tertiary alicyclic amines) is 1. The van der Waals surface area contributed by atoms with E-state index in [4.69, 9.17) is 4.74 Å².